The number of benzene rings is 1. The molecule has 1 aliphatic heterocycles. The summed E-state index contributed by atoms with van der Waals surface area (Å²) in [5.41, 5.74) is 1.09. The second-order valence-electron chi connectivity index (χ2n) is 7.37. The highest BCUT2D eigenvalue weighted by Crippen LogP contribution is 2.31. The van der Waals surface area contributed by atoms with Crippen LogP contribution in [0.4, 0.5) is 4.79 Å². The minimum absolute atomic E-state index is 0.165. The van der Waals surface area contributed by atoms with Gasteiger partial charge in [-0.2, -0.15) is 0 Å². The van der Waals surface area contributed by atoms with Gasteiger partial charge in [0, 0.05) is 19.1 Å². The zero-order valence-corrected chi connectivity index (χ0v) is 14.6. The third-order valence-corrected chi connectivity index (χ3v) is 5.65. The Morgan fingerprint density at radius 3 is 2.46 bits per heavy atom. The van der Waals surface area contributed by atoms with Gasteiger partial charge in [-0.25, -0.2) is 4.79 Å². The van der Waals surface area contributed by atoms with Crippen LogP contribution in [0.5, 0.6) is 0 Å². The van der Waals surface area contributed by atoms with Gasteiger partial charge in [-0.15, -0.1) is 0 Å². The van der Waals surface area contributed by atoms with Gasteiger partial charge in [0.15, 0.2) is 0 Å². The fourth-order valence-electron chi connectivity index (χ4n) is 4.39. The lowest BCUT2D eigenvalue weighted by Crippen LogP contribution is -2.49. The van der Waals surface area contributed by atoms with Gasteiger partial charge in [-0.1, -0.05) is 49.6 Å². The van der Waals surface area contributed by atoms with Crippen molar-refractivity contribution in [2.24, 2.45) is 5.92 Å². The zero-order chi connectivity index (χ0) is 16.8. The van der Waals surface area contributed by atoms with Crippen LogP contribution in [0.2, 0.25) is 0 Å². The van der Waals surface area contributed by atoms with Crippen molar-refractivity contribution < 1.29 is 9.90 Å². The van der Waals surface area contributed by atoms with Gasteiger partial charge >= 0.3 is 6.09 Å². The van der Waals surface area contributed by atoms with Crippen LogP contribution >= 0.6 is 0 Å². The van der Waals surface area contributed by atoms with E-state index >= 15 is 0 Å². The maximum absolute atomic E-state index is 12.0. The molecule has 0 aromatic heterocycles. The number of nitrogens with zero attached hydrogens (tertiary/aromatic N) is 2. The van der Waals surface area contributed by atoms with Crippen molar-refractivity contribution in [1.29, 1.82) is 0 Å². The van der Waals surface area contributed by atoms with Crippen LogP contribution in [0, 0.1) is 5.92 Å². The molecule has 0 radical (unpaired) electrons. The summed E-state index contributed by atoms with van der Waals surface area (Å²) < 4.78 is 0. The Kier molecular flexibility index (Phi) is 6.13. The van der Waals surface area contributed by atoms with Crippen molar-refractivity contribution in [3.8, 4) is 0 Å². The van der Waals surface area contributed by atoms with Gasteiger partial charge in [-0.3, -0.25) is 0 Å². The minimum atomic E-state index is -0.769. The summed E-state index contributed by atoms with van der Waals surface area (Å²) in [6, 6.07) is 10.2. The van der Waals surface area contributed by atoms with E-state index in [2.05, 4.69) is 4.90 Å². The normalized spacial score (nSPS) is 25.3. The van der Waals surface area contributed by atoms with Crippen LogP contribution in [0.15, 0.2) is 30.3 Å². The maximum atomic E-state index is 12.0. The van der Waals surface area contributed by atoms with E-state index in [0.29, 0.717) is 12.5 Å². The number of piperidine rings is 1. The van der Waals surface area contributed by atoms with Crippen molar-refractivity contribution in [3.05, 3.63) is 35.9 Å². The van der Waals surface area contributed by atoms with Gasteiger partial charge in [0.1, 0.15) is 0 Å². The lowest BCUT2D eigenvalue weighted by Gasteiger charge is -2.41. The number of hydrogen-bond donors (Lipinski definition) is 1. The number of rotatable bonds is 5. The van der Waals surface area contributed by atoms with Crippen molar-refractivity contribution in [2.45, 2.75) is 57.5 Å². The summed E-state index contributed by atoms with van der Waals surface area (Å²) in [5.74, 6) is 0.483. The number of likely N-dealkylation sites (tertiary alicyclic amines) is 1. The van der Waals surface area contributed by atoms with Crippen LogP contribution in [0.3, 0.4) is 0 Å². The van der Waals surface area contributed by atoms with Crippen LogP contribution in [0.1, 0.15) is 50.5 Å². The van der Waals surface area contributed by atoms with Crippen molar-refractivity contribution >= 4 is 6.09 Å². The summed E-state index contributed by atoms with van der Waals surface area (Å²) in [6.45, 7) is 3.96. The molecule has 1 aromatic carbocycles. The van der Waals surface area contributed by atoms with Crippen LogP contribution in [-0.2, 0) is 6.54 Å². The Bertz CT molecular complexity index is 514. The first-order valence-corrected chi connectivity index (χ1v) is 9.50. The maximum Gasteiger partial charge on any atom is 0.407 e. The van der Waals surface area contributed by atoms with Crippen LogP contribution in [0.25, 0.3) is 0 Å². The summed E-state index contributed by atoms with van der Waals surface area (Å²) in [6.07, 6.45) is 7.74. The second kappa shape index (κ2) is 8.52. The molecule has 1 aromatic rings. The number of amides is 1. The van der Waals surface area contributed by atoms with E-state index in [9.17, 15) is 9.90 Å². The molecule has 2 fully saturated rings. The van der Waals surface area contributed by atoms with E-state index in [1.165, 1.54) is 45.2 Å². The highest BCUT2D eigenvalue weighted by molar-refractivity contribution is 5.65. The highest BCUT2D eigenvalue weighted by atomic mass is 16.4. The molecule has 4 heteroatoms. The molecule has 0 unspecified atom stereocenters. The van der Waals surface area contributed by atoms with Gasteiger partial charge in [0.05, 0.1) is 0 Å². The molecule has 0 bridgehead atoms. The molecule has 1 saturated carbocycles. The van der Waals surface area contributed by atoms with E-state index in [0.717, 1.165) is 24.9 Å². The fraction of sp³-hybridized carbons (Fsp3) is 0.650. The van der Waals surface area contributed by atoms with Gasteiger partial charge in [-0.05, 0) is 50.3 Å². The van der Waals surface area contributed by atoms with Gasteiger partial charge in [0.25, 0.3) is 0 Å². The molecular weight excluding hydrogens is 300 g/mol. The predicted molar refractivity (Wildman–Crippen MR) is 96.0 cm³/mol. The Hall–Kier alpha value is -1.55. The van der Waals surface area contributed by atoms with Gasteiger partial charge < -0.3 is 14.9 Å². The van der Waals surface area contributed by atoms with E-state index < -0.39 is 6.09 Å². The van der Waals surface area contributed by atoms with E-state index in [1.807, 2.05) is 30.3 Å². The standard InChI is InChI=1S/C20H30N2O2/c23-20(24)22(15-17-9-3-1-4-10-17)19-12-6-5-11-18(19)16-21-13-7-2-8-14-21/h1,3-4,9-10,18-19H,2,5-8,11-16H2,(H,23,24)/t18-,19-/m1/s1. The smallest absolute Gasteiger partial charge is 0.407 e. The van der Waals surface area contributed by atoms with E-state index in [-0.39, 0.29) is 6.04 Å². The van der Waals surface area contributed by atoms with Crippen LogP contribution < -0.4 is 0 Å². The molecule has 1 saturated heterocycles. The van der Waals surface area contributed by atoms with E-state index in [1.54, 1.807) is 4.90 Å². The van der Waals surface area contributed by atoms with Crippen LogP contribution in [-0.4, -0.2) is 46.7 Å². The monoisotopic (exact) mass is 330 g/mol. The molecular formula is C20H30N2O2. The third kappa shape index (κ3) is 4.50. The first-order valence-electron chi connectivity index (χ1n) is 9.50. The van der Waals surface area contributed by atoms with E-state index in [4.69, 9.17) is 0 Å². The topological polar surface area (TPSA) is 43.8 Å². The largest absolute Gasteiger partial charge is 0.465 e. The average Bonchev–Trinajstić information content (AvgIpc) is 2.62. The number of hydrogen-bond acceptors (Lipinski definition) is 2. The molecule has 2 aliphatic rings. The Balaban J connectivity index is 1.69. The minimum Gasteiger partial charge on any atom is -0.465 e. The molecule has 3 rings (SSSR count). The van der Waals surface area contributed by atoms with Gasteiger partial charge in [0.2, 0.25) is 0 Å². The highest BCUT2D eigenvalue weighted by Gasteiger charge is 2.34. The van der Waals surface area contributed by atoms with Crippen molar-refractivity contribution in [3.63, 3.8) is 0 Å². The predicted octanol–water partition coefficient (Wildman–Crippen LogP) is 4.21. The summed E-state index contributed by atoms with van der Waals surface area (Å²) in [5, 5.41) is 9.82. The molecule has 4 nitrogen and oxygen atoms in total. The molecule has 24 heavy (non-hydrogen) atoms. The molecule has 2 atom stereocenters. The summed E-state index contributed by atoms with van der Waals surface area (Å²) in [4.78, 5) is 16.2. The summed E-state index contributed by atoms with van der Waals surface area (Å²) in [7, 11) is 0. The zero-order valence-electron chi connectivity index (χ0n) is 14.6. The number of carbonyl (C=O) groups is 1. The third-order valence-electron chi connectivity index (χ3n) is 5.65. The molecule has 1 aliphatic carbocycles. The number of carboxylic acid groups (broad SMARTS) is 1. The Morgan fingerprint density at radius 2 is 1.75 bits per heavy atom. The molecule has 1 N–H and O–H groups in total. The first-order chi connectivity index (χ1) is 11.7. The quantitative estimate of drug-likeness (QED) is 0.879. The molecule has 132 valence electrons. The molecule has 0 spiro atoms. The second-order valence-corrected chi connectivity index (χ2v) is 7.37. The Morgan fingerprint density at radius 1 is 1.04 bits per heavy atom. The average molecular weight is 330 g/mol. The fourth-order valence-corrected chi connectivity index (χ4v) is 4.39. The van der Waals surface area contributed by atoms with Crippen molar-refractivity contribution in [1.82, 2.24) is 9.80 Å². The Labute approximate surface area is 145 Å². The lowest BCUT2D eigenvalue weighted by molar-refractivity contribution is 0.0616. The molecule has 1 heterocycles. The lowest BCUT2D eigenvalue weighted by atomic mass is 9.82. The SMILES string of the molecule is O=C(O)N(Cc1ccccc1)[C@@H]1CCCC[C@@H]1CN1CCCCC1. The summed E-state index contributed by atoms with van der Waals surface area (Å²) >= 11 is 0. The first kappa shape index (κ1) is 17.3. The van der Waals surface area contributed by atoms with Crippen molar-refractivity contribution in [2.75, 3.05) is 19.6 Å². The molecule has 1 amide bonds.